The lowest BCUT2D eigenvalue weighted by molar-refractivity contribution is -0.626. The van der Waals surface area contributed by atoms with Crippen molar-refractivity contribution in [3.63, 3.8) is 0 Å². The number of aromatic amines is 1. The molecule has 0 bridgehead atoms. The fourth-order valence-electron chi connectivity index (χ4n) is 2.19. The fraction of sp³-hybridized carbons (Fsp3) is 0.0625. The van der Waals surface area contributed by atoms with Crippen LogP contribution in [0.15, 0.2) is 63.9 Å². The predicted molar refractivity (Wildman–Crippen MR) is 83.2 cm³/mol. The molecule has 0 saturated carbocycles. The molecule has 0 aliphatic carbocycles. The van der Waals surface area contributed by atoms with Crippen LogP contribution in [-0.2, 0) is 6.42 Å². The predicted octanol–water partition coefficient (Wildman–Crippen LogP) is 2.64. The summed E-state index contributed by atoms with van der Waals surface area (Å²) in [7, 11) is 0. The lowest BCUT2D eigenvalue weighted by Gasteiger charge is -2.00. The van der Waals surface area contributed by atoms with Gasteiger partial charge in [-0.2, -0.15) is 0 Å². The molecule has 2 aromatic carbocycles. The largest absolute Gasteiger partial charge is 0.408 e. The van der Waals surface area contributed by atoms with E-state index >= 15 is 0 Å². The van der Waals surface area contributed by atoms with Crippen LogP contribution >= 0.6 is 11.6 Å². The first-order valence-electron chi connectivity index (χ1n) is 6.66. The molecule has 0 amide bonds. The molecule has 1 heterocycles. The molecule has 3 rings (SSSR count). The van der Waals surface area contributed by atoms with E-state index in [1.54, 1.807) is 24.3 Å². The number of nitrogens with one attached hydrogen (secondary N) is 2. The number of hydrogen-bond acceptors (Lipinski definition) is 3. The van der Waals surface area contributed by atoms with Gasteiger partial charge in [0.05, 0.1) is 6.42 Å². The number of aromatic nitrogens is 2. The maximum absolute atomic E-state index is 11.9. The lowest BCUT2D eigenvalue weighted by Crippen LogP contribution is -2.47. The third kappa shape index (κ3) is 2.84. The summed E-state index contributed by atoms with van der Waals surface area (Å²) in [6.45, 7) is 0. The Morgan fingerprint density at radius 2 is 1.82 bits per heavy atom. The molecule has 2 N–H and O–H groups in total. The van der Waals surface area contributed by atoms with Crippen molar-refractivity contribution in [3.05, 3.63) is 75.6 Å². The second-order valence-corrected chi connectivity index (χ2v) is 5.22. The molecular weight excluding hydrogens is 302 g/mol. The summed E-state index contributed by atoms with van der Waals surface area (Å²) in [5.74, 6) is 0.210. The average molecular weight is 315 g/mol. The van der Waals surface area contributed by atoms with E-state index in [2.05, 4.69) is 5.27 Å². The van der Waals surface area contributed by atoms with Crippen LogP contribution in [0.3, 0.4) is 0 Å². The highest BCUT2D eigenvalue weighted by molar-refractivity contribution is 6.30. The van der Waals surface area contributed by atoms with Gasteiger partial charge in [-0.1, -0.05) is 51.9 Å². The molecule has 0 radical (unpaired) electrons. The maximum atomic E-state index is 11.9. The average Bonchev–Trinajstić information content (AvgIpc) is 2.91. The quantitative estimate of drug-likeness (QED) is 0.443. The van der Waals surface area contributed by atoms with Crippen LogP contribution in [0.5, 0.6) is 0 Å². The van der Waals surface area contributed by atoms with Crippen LogP contribution in [0.1, 0.15) is 5.56 Å². The molecule has 0 spiro atoms. The van der Waals surface area contributed by atoms with Gasteiger partial charge in [0.1, 0.15) is 0 Å². The zero-order valence-electron chi connectivity index (χ0n) is 11.5. The second kappa shape index (κ2) is 5.99. The van der Waals surface area contributed by atoms with Crippen molar-refractivity contribution in [2.24, 2.45) is 0 Å². The van der Waals surface area contributed by atoms with Crippen molar-refractivity contribution in [1.29, 1.82) is 5.41 Å². The van der Waals surface area contributed by atoms with Crippen LogP contribution < -0.4 is 10.3 Å². The van der Waals surface area contributed by atoms with E-state index in [0.717, 1.165) is 5.56 Å². The SMILES string of the molecule is N=C(Cc1ccccc1)[n+]1[nH]oc(=O)c1-c1ccc(Cl)cc1. The van der Waals surface area contributed by atoms with Gasteiger partial charge in [0.25, 0.3) is 5.69 Å². The number of nitrogens with zero attached hydrogens (tertiary/aromatic N) is 1. The number of rotatable bonds is 3. The van der Waals surface area contributed by atoms with Crippen LogP contribution in [0, 0.1) is 5.41 Å². The van der Waals surface area contributed by atoms with Gasteiger partial charge in [0.2, 0.25) is 0 Å². The molecular formula is C16H13ClN3O2+. The first-order valence-corrected chi connectivity index (χ1v) is 7.04. The van der Waals surface area contributed by atoms with Gasteiger partial charge in [-0.3, -0.25) is 0 Å². The Labute approximate surface area is 131 Å². The summed E-state index contributed by atoms with van der Waals surface area (Å²) in [4.78, 5) is 11.9. The molecule has 0 fully saturated rings. The van der Waals surface area contributed by atoms with E-state index in [9.17, 15) is 4.79 Å². The Balaban J connectivity index is 1.97. The summed E-state index contributed by atoms with van der Waals surface area (Å²) < 4.78 is 6.19. The number of halogens is 1. The summed E-state index contributed by atoms with van der Waals surface area (Å²) in [6.07, 6.45) is 0.377. The van der Waals surface area contributed by atoms with E-state index in [1.807, 2.05) is 30.3 Å². The summed E-state index contributed by atoms with van der Waals surface area (Å²) >= 11 is 5.86. The Kier molecular flexibility index (Phi) is 3.89. The maximum Gasteiger partial charge on any atom is 0.408 e. The topological polar surface area (TPSA) is 73.7 Å². The van der Waals surface area contributed by atoms with Gasteiger partial charge in [-0.05, 0) is 29.8 Å². The molecule has 0 atom stereocenters. The molecule has 6 heteroatoms. The third-order valence-electron chi connectivity index (χ3n) is 3.25. The summed E-state index contributed by atoms with van der Waals surface area (Å²) in [6, 6.07) is 16.4. The van der Waals surface area contributed by atoms with Crippen LogP contribution in [0.2, 0.25) is 5.02 Å². The van der Waals surface area contributed by atoms with Crippen molar-refractivity contribution in [1.82, 2.24) is 5.27 Å². The van der Waals surface area contributed by atoms with Gasteiger partial charge in [-0.15, -0.1) is 5.41 Å². The van der Waals surface area contributed by atoms with Crippen LogP contribution in [0.25, 0.3) is 11.3 Å². The normalized spacial score (nSPS) is 10.6. The van der Waals surface area contributed by atoms with E-state index in [0.29, 0.717) is 17.0 Å². The Hall–Kier alpha value is -2.66. The third-order valence-corrected chi connectivity index (χ3v) is 3.50. The zero-order chi connectivity index (χ0) is 15.5. The smallest absolute Gasteiger partial charge is 0.301 e. The minimum atomic E-state index is -0.528. The molecule has 110 valence electrons. The van der Waals surface area contributed by atoms with Crippen molar-refractivity contribution in [3.8, 4) is 11.3 Å². The first kappa shape index (κ1) is 14.3. The van der Waals surface area contributed by atoms with Crippen molar-refractivity contribution < 1.29 is 9.20 Å². The van der Waals surface area contributed by atoms with E-state index < -0.39 is 5.63 Å². The summed E-state index contributed by atoms with van der Waals surface area (Å²) in [5.41, 5.74) is 1.36. The minimum absolute atomic E-state index is 0.210. The molecule has 0 aliphatic rings. The monoisotopic (exact) mass is 314 g/mol. The second-order valence-electron chi connectivity index (χ2n) is 4.78. The Bertz CT molecular complexity index is 851. The van der Waals surface area contributed by atoms with Gasteiger partial charge in [0, 0.05) is 10.6 Å². The van der Waals surface area contributed by atoms with Crippen molar-refractivity contribution in [2.75, 3.05) is 0 Å². The number of hydrogen-bond donors (Lipinski definition) is 2. The van der Waals surface area contributed by atoms with Gasteiger partial charge >= 0.3 is 11.5 Å². The first-order chi connectivity index (χ1) is 10.6. The standard InChI is InChI=1S/C16H12ClN3O2/c17-13-8-6-12(7-9-13)15-16(21)22-19-20(15)14(18)10-11-4-2-1-3-5-11/h1-9,18H,10H2/p+1. The van der Waals surface area contributed by atoms with Gasteiger partial charge < -0.3 is 4.52 Å². The molecule has 22 heavy (non-hydrogen) atoms. The van der Waals surface area contributed by atoms with Crippen LogP contribution in [-0.4, -0.2) is 11.1 Å². The van der Waals surface area contributed by atoms with Crippen molar-refractivity contribution >= 4 is 17.4 Å². The number of benzene rings is 2. The highest BCUT2D eigenvalue weighted by Gasteiger charge is 2.23. The molecule has 3 aromatic rings. The Morgan fingerprint density at radius 3 is 2.50 bits per heavy atom. The molecule has 5 nitrogen and oxygen atoms in total. The zero-order valence-corrected chi connectivity index (χ0v) is 12.3. The van der Waals surface area contributed by atoms with Gasteiger partial charge in [-0.25, -0.2) is 4.79 Å². The van der Waals surface area contributed by atoms with E-state index in [1.165, 1.54) is 4.68 Å². The molecule has 1 aromatic heterocycles. The van der Waals surface area contributed by atoms with Gasteiger partial charge in [0.15, 0.2) is 0 Å². The number of H-pyrrole nitrogens is 1. The van der Waals surface area contributed by atoms with Crippen LogP contribution in [0.4, 0.5) is 0 Å². The van der Waals surface area contributed by atoms with Crippen molar-refractivity contribution in [2.45, 2.75) is 6.42 Å². The highest BCUT2D eigenvalue weighted by atomic mass is 35.5. The fourth-order valence-corrected chi connectivity index (χ4v) is 2.31. The molecule has 0 aliphatic heterocycles. The van der Waals surface area contributed by atoms with E-state index in [4.69, 9.17) is 21.5 Å². The molecule has 0 unspecified atom stereocenters. The molecule has 0 saturated heterocycles. The Morgan fingerprint density at radius 1 is 1.14 bits per heavy atom. The lowest BCUT2D eigenvalue weighted by atomic mass is 10.1. The minimum Gasteiger partial charge on any atom is -0.301 e. The summed E-state index contributed by atoms with van der Waals surface area (Å²) in [5, 5.41) is 11.3. The van der Waals surface area contributed by atoms with E-state index in [-0.39, 0.29) is 11.5 Å². The highest BCUT2D eigenvalue weighted by Crippen LogP contribution is 2.16.